The summed E-state index contributed by atoms with van der Waals surface area (Å²) in [6.07, 6.45) is -0.333. The van der Waals surface area contributed by atoms with Gasteiger partial charge >= 0.3 is 5.97 Å². The largest absolute Gasteiger partial charge is 0.481 e. The highest BCUT2D eigenvalue weighted by Crippen LogP contribution is 2.30. The summed E-state index contributed by atoms with van der Waals surface area (Å²) in [5, 5.41) is 19.6. The number of nitrogens with zero attached hydrogens (tertiary/aromatic N) is 1. The van der Waals surface area contributed by atoms with Crippen molar-refractivity contribution in [2.75, 3.05) is 0 Å². The van der Waals surface area contributed by atoms with E-state index < -0.39 is 10.9 Å². The monoisotopic (exact) mass is 307 g/mol. The van der Waals surface area contributed by atoms with Crippen LogP contribution in [-0.4, -0.2) is 16.0 Å². The predicted octanol–water partition coefficient (Wildman–Crippen LogP) is 2.77. The number of nitro groups is 1. The molecule has 0 heterocycles. The number of benzene rings is 1. The second kappa shape index (κ2) is 5.27. The molecule has 0 aliphatic rings. The van der Waals surface area contributed by atoms with Gasteiger partial charge in [0.25, 0.3) is 5.69 Å². The maximum absolute atomic E-state index is 10.7. The van der Waals surface area contributed by atoms with E-state index in [2.05, 4.69) is 15.9 Å². The van der Waals surface area contributed by atoms with E-state index in [-0.39, 0.29) is 22.7 Å². The Kier molecular flexibility index (Phi) is 4.26. The topological polar surface area (TPSA) is 80.4 Å². The van der Waals surface area contributed by atoms with Crippen LogP contribution in [-0.2, 0) is 16.5 Å². The lowest BCUT2D eigenvalue weighted by atomic mass is 10.1. The maximum atomic E-state index is 10.7. The Hall–Kier alpha value is -1.14. The van der Waals surface area contributed by atoms with Gasteiger partial charge in [0, 0.05) is 11.4 Å². The first-order valence-electron chi connectivity index (χ1n) is 4.19. The van der Waals surface area contributed by atoms with Crippen molar-refractivity contribution in [2.24, 2.45) is 0 Å². The van der Waals surface area contributed by atoms with E-state index in [0.29, 0.717) is 10.9 Å². The number of carbonyl (C=O) groups is 1. The molecule has 1 aromatic carbocycles. The van der Waals surface area contributed by atoms with Crippen LogP contribution in [0.2, 0.25) is 5.02 Å². The quantitative estimate of drug-likeness (QED) is 0.527. The van der Waals surface area contributed by atoms with Gasteiger partial charge in [-0.1, -0.05) is 33.6 Å². The van der Waals surface area contributed by atoms with E-state index >= 15 is 0 Å². The average molecular weight is 309 g/mol. The molecule has 16 heavy (non-hydrogen) atoms. The molecule has 0 unspecified atom stereocenters. The Morgan fingerprint density at radius 2 is 2.19 bits per heavy atom. The molecule has 0 atom stereocenters. The molecule has 0 radical (unpaired) electrons. The van der Waals surface area contributed by atoms with Gasteiger partial charge in [-0.05, 0) is 11.1 Å². The highest BCUT2D eigenvalue weighted by Gasteiger charge is 2.19. The number of hydrogen-bond donors (Lipinski definition) is 1. The van der Waals surface area contributed by atoms with Crippen molar-refractivity contribution in [2.45, 2.75) is 11.8 Å². The zero-order chi connectivity index (χ0) is 12.3. The molecule has 0 spiro atoms. The van der Waals surface area contributed by atoms with E-state index in [1.807, 2.05) is 0 Å². The smallest absolute Gasteiger partial charge is 0.307 e. The van der Waals surface area contributed by atoms with Crippen molar-refractivity contribution in [3.8, 4) is 0 Å². The van der Waals surface area contributed by atoms with E-state index in [1.165, 1.54) is 12.1 Å². The minimum atomic E-state index is -1.08. The molecule has 0 saturated heterocycles. The second-order valence-corrected chi connectivity index (χ2v) is 3.99. The number of rotatable bonds is 4. The van der Waals surface area contributed by atoms with Crippen LogP contribution in [0.1, 0.15) is 11.1 Å². The summed E-state index contributed by atoms with van der Waals surface area (Å²) in [4.78, 5) is 20.6. The second-order valence-electron chi connectivity index (χ2n) is 3.05. The normalized spacial score (nSPS) is 10.1. The van der Waals surface area contributed by atoms with Crippen LogP contribution >= 0.6 is 27.5 Å². The van der Waals surface area contributed by atoms with E-state index in [4.69, 9.17) is 16.7 Å². The fraction of sp³-hybridized carbons (Fsp3) is 0.222. The first kappa shape index (κ1) is 12.9. The fourth-order valence-corrected chi connectivity index (χ4v) is 1.80. The molecule has 0 saturated carbocycles. The molecule has 86 valence electrons. The van der Waals surface area contributed by atoms with Crippen molar-refractivity contribution < 1.29 is 14.8 Å². The highest BCUT2D eigenvalue weighted by atomic mass is 79.9. The first-order chi connectivity index (χ1) is 7.45. The van der Waals surface area contributed by atoms with Gasteiger partial charge in [0.1, 0.15) is 5.02 Å². The number of hydrogen-bond acceptors (Lipinski definition) is 3. The molecule has 1 N–H and O–H groups in total. The molecule has 0 fully saturated rings. The number of carboxylic acid groups (broad SMARTS) is 1. The predicted molar refractivity (Wildman–Crippen MR) is 62.1 cm³/mol. The van der Waals surface area contributed by atoms with Gasteiger partial charge in [0.2, 0.25) is 0 Å². The molecule has 0 amide bonds. The molecule has 7 heteroatoms. The van der Waals surface area contributed by atoms with Gasteiger partial charge in [0.05, 0.1) is 11.3 Å². The van der Waals surface area contributed by atoms with Crippen molar-refractivity contribution in [3.05, 3.63) is 38.4 Å². The van der Waals surface area contributed by atoms with Gasteiger partial charge in [-0.25, -0.2) is 0 Å². The summed E-state index contributed by atoms with van der Waals surface area (Å²) in [5.74, 6) is -1.08. The summed E-state index contributed by atoms with van der Waals surface area (Å²) < 4.78 is 0. The number of halogens is 2. The minimum Gasteiger partial charge on any atom is -0.481 e. The van der Waals surface area contributed by atoms with Crippen molar-refractivity contribution in [3.63, 3.8) is 0 Å². The zero-order valence-electron chi connectivity index (χ0n) is 7.94. The lowest BCUT2D eigenvalue weighted by Crippen LogP contribution is -2.03. The number of alkyl halides is 1. The van der Waals surface area contributed by atoms with Crippen LogP contribution in [0.4, 0.5) is 5.69 Å². The Morgan fingerprint density at radius 1 is 1.56 bits per heavy atom. The highest BCUT2D eigenvalue weighted by molar-refractivity contribution is 9.08. The molecule has 5 nitrogen and oxygen atoms in total. The zero-order valence-corrected chi connectivity index (χ0v) is 10.3. The molecule has 0 aliphatic carbocycles. The third kappa shape index (κ3) is 2.93. The van der Waals surface area contributed by atoms with Gasteiger partial charge in [-0.2, -0.15) is 0 Å². The molecular formula is C9H7BrClNO4. The lowest BCUT2D eigenvalue weighted by molar-refractivity contribution is -0.384. The third-order valence-electron chi connectivity index (χ3n) is 1.88. The summed E-state index contributed by atoms with van der Waals surface area (Å²) in [7, 11) is 0. The number of nitro benzene ring substituents is 1. The fourth-order valence-electron chi connectivity index (χ4n) is 1.23. The van der Waals surface area contributed by atoms with Crippen molar-refractivity contribution >= 4 is 39.2 Å². The van der Waals surface area contributed by atoms with Crippen LogP contribution in [0.15, 0.2) is 12.1 Å². The Labute approximate surface area is 104 Å². The summed E-state index contributed by atoms with van der Waals surface area (Å²) in [6.45, 7) is 0. The molecule has 0 aliphatic heterocycles. The Morgan fingerprint density at radius 3 is 2.62 bits per heavy atom. The number of aliphatic carboxylic acids is 1. The Balaban J connectivity index is 3.31. The summed E-state index contributed by atoms with van der Waals surface area (Å²) in [5.41, 5.74) is 0.597. The maximum Gasteiger partial charge on any atom is 0.307 e. The van der Waals surface area contributed by atoms with Crippen LogP contribution < -0.4 is 0 Å². The van der Waals surface area contributed by atoms with Crippen molar-refractivity contribution in [1.82, 2.24) is 0 Å². The van der Waals surface area contributed by atoms with Crippen molar-refractivity contribution in [1.29, 1.82) is 0 Å². The molecule has 0 bridgehead atoms. The molecular weight excluding hydrogens is 301 g/mol. The Bertz CT molecular complexity index is 449. The van der Waals surface area contributed by atoms with Gasteiger partial charge < -0.3 is 5.11 Å². The van der Waals surface area contributed by atoms with Gasteiger partial charge in [0.15, 0.2) is 0 Å². The SMILES string of the molecule is O=C(O)Cc1cc(CBr)cc([N+](=O)[O-])c1Cl. The van der Waals surface area contributed by atoms with Crippen LogP contribution in [0.5, 0.6) is 0 Å². The summed E-state index contributed by atoms with van der Waals surface area (Å²) in [6, 6.07) is 2.86. The van der Waals surface area contributed by atoms with E-state index in [9.17, 15) is 14.9 Å². The van der Waals surface area contributed by atoms with E-state index in [1.54, 1.807) is 0 Å². The van der Waals surface area contributed by atoms with Crippen LogP contribution in [0, 0.1) is 10.1 Å². The summed E-state index contributed by atoms with van der Waals surface area (Å²) >= 11 is 8.91. The average Bonchev–Trinajstić information content (AvgIpc) is 2.19. The first-order valence-corrected chi connectivity index (χ1v) is 5.69. The van der Waals surface area contributed by atoms with E-state index in [0.717, 1.165) is 0 Å². The standard InChI is InChI=1S/C9H7BrClNO4/c10-4-5-1-6(3-8(13)14)9(11)7(2-5)12(15)16/h1-2H,3-4H2,(H,13,14). The molecule has 1 rings (SSSR count). The lowest BCUT2D eigenvalue weighted by Gasteiger charge is -2.05. The van der Waals surface area contributed by atoms with Crippen LogP contribution in [0.3, 0.4) is 0 Å². The third-order valence-corrected chi connectivity index (χ3v) is 2.97. The van der Waals surface area contributed by atoms with Crippen LogP contribution in [0.25, 0.3) is 0 Å². The minimum absolute atomic E-state index is 0.114. The molecule has 0 aromatic heterocycles. The van der Waals surface area contributed by atoms with Gasteiger partial charge in [-0.15, -0.1) is 0 Å². The van der Waals surface area contributed by atoms with Gasteiger partial charge in [-0.3, -0.25) is 14.9 Å². The number of carboxylic acids is 1. The molecule has 1 aromatic rings.